The van der Waals surface area contributed by atoms with Gasteiger partial charge >= 0.3 is 0 Å². The van der Waals surface area contributed by atoms with Crippen molar-refractivity contribution in [1.82, 2.24) is 4.98 Å². The third-order valence-corrected chi connectivity index (χ3v) is 5.78. The predicted molar refractivity (Wildman–Crippen MR) is 77.0 cm³/mol. The number of amides is 1. The van der Waals surface area contributed by atoms with E-state index in [1.165, 1.54) is 32.1 Å². The summed E-state index contributed by atoms with van der Waals surface area (Å²) in [4.78, 5) is 15.8. The van der Waals surface area contributed by atoms with Gasteiger partial charge in [-0.25, -0.2) is 4.98 Å². The minimum Gasteiger partial charge on any atom is -0.383 e. The fourth-order valence-electron chi connectivity index (χ4n) is 5.29. The lowest BCUT2D eigenvalue weighted by atomic mass is 9.51. The fourth-order valence-corrected chi connectivity index (χ4v) is 5.29. The van der Waals surface area contributed by atoms with Crippen molar-refractivity contribution in [2.75, 3.05) is 5.73 Å². The minimum atomic E-state index is -0.494. The highest BCUT2D eigenvalue weighted by molar-refractivity contribution is 5.97. The lowest BCUT2D eigenvalue weighted by Crippen LogP contribution is -2.44. The molecule has 0 saturated heterocycles. The van der Waals surface area contributed by atoms with E-state index in [1.54, 1.807) is 6.07 Å². The zero-order valence-corrected chi connectivity index (χ0v) is 11.6. The number of nitrogens with two attached hydrogens (primary N) is 2. The normalized spacial score (nSPS) is 38.1. The van der Waals surface area contributed by atoms with Crippen molar-refractivity contribution in [2.24, 2.45) is 29.4 Å². The Kier molecular flexibility index (Phi) is 2.56. The maximum absolute atomic E-state index is 11.3. The van der Waals surface area contributed by atoms with Crippen LogP contribution in [0.1, 0.15) is 54.1 Å². The van der Waals surface area contributed by atoms with Gasteiger partial charge in [-0.2, -0.15) is 0 Å². The summed E-state index contributed by atoms with van der Waals surface area (Å²) in [5.41, 5.74) is 12.6. The third kappa shape index (κ3) is 1.74. The number of primary amides is 1. The number of rotatable bonds is 2. The van der Waals surface area contributed by atoms with Gasteiger partial charge in [0, 0.05) is 11.6 Å². The quantitative estimate of drug-likeness (QED) is 0.866. The van der Waals surface area contributed by atoms with E-state index in [4.69, 9.17) is 11.5 Å². The van der Waals surface area contributed by atoms with Gasteiger partial charge in [0.2, 0.25) is 0 Å². The molecule has 4 heteroatoms. The molecule has 0 unspecified atom stereocenters. The molecule has 4 aliphatic rings. The number of hydrogen-bond donors (Lipinski definition) is 2. The smallest absolute Gasteiger partial charge is 0.252 e. The maximum atomic E-state index is 11.3. The molecule has 0 aliphatic heterocycles. The van der Waals surface area contributed by atoms with Gasteiger partial charge in [0.05, 0.1) is 5.56 Å². The van der Waals surface area contributed by atoms with E-state index >= 15 is 0 Å². The second-order valence-electron chi connectivity index (χ2n) is 6.99. The Morgan fingerprint density at radius 3 is 2.15 bits per heavy atom. The van der Waals surface area contributed by atoms with Gasteiger partial charge < -0.3 is 11.5 Å². The molecule has 4 saturated carbocycles. The van der Waals surface area contributed by atoms with Gasteiger partial charge in [0.25, 0.3) is 5.91 Å². The Bertz CT molecular complexity index is 541. The van der Waals surface area contributed by atoms with E-state index in [0.29, 0.717) is 17.3 Å². The highest BCUT2D eigenvalue weighted by atomic mass is 16.1. The largest absolute Gasteiger partial charge is 0.383 e. The number of nitrogens with zero attached hydrogens (tertiary/aromatic N) is 1. The van der Waals surface area contributed by atoms with Crippen molar-refractivity contribution in [1.29, 1.82) is 0 Å². The minimum absolute atomic E-state index is 0.295. The molecule has 1 amide bonds. The Balaban J connectivity index is 1.68. The number of aromatic nitrogens is 1. The Labute approximate surface area is 118 Å². The molecule has 1 aromatic heterocycles. The summed E-state index contributed by atoms with van der Waals surface area (Å²) in [6.07, 6.45) is 6.89. The van der Waals surface area contributed by atoms with E-state index in [-0.39, 0.29) is 0 Å². The molecule has 0 spiro atoms. The molecule has 4 fully saturated rings. The second-order valence-corrected chi connectivity index (χ2v) is 6.99. The number of anilines is 1. The number of carbonyl (C=O) groups is 1. The molecule has 5 rings (SSSR count). The first-order valence-electron chi connectivity index (χ1n) is 7.68. The number of nitrogen functional groups attached to an aromatic ring is 1. The van der Waals surface area contributed by atoms with E-state index in [1.807, 2.05) is 6.07 Å². The molecular weight excluding hydrogens is 250 g/mol. The summed E-state index contributed by atoms with van der Waals surface area (Å²) in [7, 11) is 0. The van der Waals surface area contributed by atoms with Crippen LogP contribution in [0.2, 0.25) is 0 Å². The molecule has 106 valence electrons. The first-order valence-corrected chi connectivity index (χ1v) is 7.68. The molecular formula is C16H21N3O. The van der Waals surface area contributed by atoms with Crippen molar-refractivity contribution < 1.29 is 4.79 Å². The third-order valence-electron chi connectivity index (χ3n) is 5.78. The van der Waals surface area contributed by atoms with E-state index < -0.39 is 5.91 Å². The lowest BCUT2D eigenvalue weighted by molar-refractivity contribution is -0.00410. The average Bonchev–Trinajstić information content (AvgIpc) is 2.37. The van der Waals surface area contributed by atoms with Gasteiger partial charge in [0.1, 0.15) is 5.82 Å². The molecule has 1 heterocycles. The Hall–Kier alpha value is -1.58. The van der Waals surface area contributed by atoms with Crippen LogP contribution >= 0.6 is 0 Å². The maximum Gasteiger partial charge on any atom is 0.252 e. The fraction of sp³-hybridized carbons (Fsp3) is 0.625. The second kappa shape index (κ2) is 4.21. The van der Waals surface area contributed by atoms with Gasteiger partial charge in [-0.1, -0.05) is 0 Å². The molecule has 1 aromatic rings. The molecule has 4 bridgehead atoms. The van der Waals surface area contributed by atoms with Crippen molar-refractivity contribution >= 4 is 11.7 Å². The van der Waals surface area contributed by atoms with Gasteiger partial charge in [-0.05, 0) is 67.9 Å². The van der Waals surface area contributed by atoms with Crippen molar-refractivity contribution in [3.8, 4) is 0 Å². The predicted octanol–water partition coefficient (Wildman–Crippen LogP) is 2.30. The van der Waals surface area contributed by atoms with Crippen LogP contribution < -0.4 is 11.5 Å². The number of carbonyl (C=O) groups excluding carboxylic acids is 1. The summed E-state index contributed by atoms with van der Waals surface area (Å²) < 4.78 is 0. The van der Waals surface area contributed by atoms with Crippen LogP contribution in [-0.4, -0.2) is 10.9 Å². The first kappa shape index (κ1) is 12.2. The monoisotopic (exact) mass is 271 g/mol. The number of pyridine rings is 1. The van der Waals surface area contributed by atoms with Crippen LogP contribution in [-0.2, 0) is 0 Å². The van der Waals surface area contributed by atoms with Crippen molar-refractivity contribution in [2.45, 2.75) is 38.0 Å². The van der Waals surface area contributed by atoms with Crippen LogP contribution in [0.5, 0.6) is 0 Å². The summed E-state index contributed by atoms with van der Waals surface area (Å²) in [6.45, 7) is 0. The zero-order chi connectivity index (χ0) is 13.9. The van der Waals surface area contributed by atoms with Crippen LogP contribution in [0.4, 0.5) is 5.82 Å². The molecule has 20 heavy (non-hydrogen) atoms. The SMILES string of the molecule is NC(=O)c1ccc(C2C3CC4CC(C3)CC2C4)nc1N. The van der Waals surface area contributed by atoms with E-state index in [9.17, 15) is 4.79 Å². The molecule has 0 aromatic carbocycles. The first-order chi connectivity index (χ1) is 9.61. The summed E-state index contributed by atoms with van der Waals surface area (Å²) >= 11 is 0. The van der Waals surface area contributed by atoms with E-state index in [0.717, 1.165) is 29.4 Å². The van der Waals surface area contributed by atoms with Gasteiger partial charge in [-0.15, -0.1) is 0 Å². The standard InChI is InChI=1S/C16H21N3O/c17-15-12(16(18)20)1-2-13(19-15)14-10-4-8-3-9(6-10)7-11(14)5-8/h1-2,8-11,14H,3-7H2,(H2,17,19)(H2,18,20). The lowest BCUT2D eigenvalue weighted by Gasteiger charge is -2.54. The Morgan fingerprint density at radius 1 is 1.05 bits per heavy atom. The average molecular weight is 271 g/mol. The topological polar surface area (TPSA) is 82.0 Å². The summed E-state index contributed by atoms with van der Waals surface area (Å²) in [6, 6.07) is 3.73. The Morgan fingerprint density at radius 2 is 1.65 bits per heavy atom. The zero-order valence-electron chi connectivity index (χ0n) is 11.6. The van der Waals surface area contributed by atoms with Gasteiger partial charge in [0.15, 0.2) is 0 Å². The molecule has 0 atom stereocenters. The summed E-state index contributed by atoms with van der Waals surface area (Å²) in [5.74, 6) is 3.81. The van der Waals surface area contributed by atoms with Gasteiger partial charge in [-0.3, -0.25) is 4.79 Å². The van der Waals surface area contributed by atoms with Crippen LogP contribution in [0.3, 0.4) is 0 Å². The number of hydrogen-bond acceptors (Lipinski definition) is 3. The highest BCUT2D eigenvalue weighted by Crippen LogP contribution is 2.59. The van der Waals surface area contributed by atoms with Crippen molar-refractivity contribution in [3.05, 3.63) is 23.4 Å². The van der Waals surface area contributed by atoms with Crippen LogP contribution in [0.25, 0.3) is 0 Å². The molecule has 4 N–H and O–H groups in total. The van der Waals surface area contributed by atoms with Crippen LogP contribution in [0.15, 0.2) is 12.1 Å². The summed E-state index contributed by atoms with van der Waals surface area (Å²) in [5, 5.41) is 0. The van der Waals surface area contributed by atoms with Crippen molar-refractivity contribution in [3.63, 3.8) is 0 Å². The highest BCUT2D eigenvalue weighted by Gasteiger charge is 2.49. The molecule has 4 nitrogen and oxygen atoms in total. The molecule has 0 radical (unpaired) electrons. The van der Waals surface area contributed by atoms with Crippen LogP contribution in [0, 0.1) is 23.7 Å². The van der Waals surface area contributed by atoms with E-state index in [2.05, 4.69) is 4.98 Å². The molecule has 4 aliphatic carbocycles.